The highest BCUT2D eigenvalue weighted by Crippen LogP contribution is 2.22. The fourth-order valence-corrected chi connectivity index (χ4v) is 3.21. The molecule has 0 spiro atoms. The Labute approximate surface area is 151 Å². The summed E-state index contributed by atoms with van der Waals surface area (Å²) in [6, 6.07) is 13.8. The Morgan fingerprint density at radius 3 is 2.68 bits per heavy atom. The molecule has 25 heavy (non-hydrogen) atoms. The van der Waals surface area contributed by atoms with Crippen LogP contribution in [0.15, 0.2) is 48.5 Å². The van der Waals surface area contributed by atoms with Crippen molar-refractivity contribution in [1.29, 1.82) is 0 Å². The van der Waals surface area contributed by atoms with E-state index < -0.39 is 12.0 Å². The molecule has 1 atom stereocenters. The van der Waals surface area contributed by atoms with Gasteiger partial charge in [0.2, 0.25) is 0 Å². The van der Waals surface area contributed by atoms with Crippen LogP contribution < -0.4 is 5.32 Å². The number of amides is 1. The Balaban J connectivity index is 1.68. The van der Waals surface area contributed by atoms with Crippen molar-refractivity contribution >= 4 is 29.2 Å². The number of rotatable bonds is 5. The van der Waals surface area contributed by atoms with Gasteiger partial charge in [-0.1, -0.05) is 23.7 Å². The van der Waals surface area contributed by atoms with Gasteiger partial charge in [-0.05, 0) is 61.3 Å². The number of hydrogen-bond donors (Lipinski definition) is 2. The highest BCUT2D eigenvalue weighted by atomic mass is 35.5. The maximum atomic E-state index is 12.3. The fourth-order valence-electron chi connectivity index (χ4n) is 3.08. The van der Waals surface area contributed by atoms with Crippen LogP contribution in [-0.4, -0.2) is 34.5 Å². The molecular formula is C19H19ClN2O3. The molecule has 1 aliphatic rings. The van der Waals surface area contributed by atoms with Crippen LogP contribution in [0.3, 0.4) is 0 Å². The molecule has 2 N–H and O–H groups in total. The Bertz CT molecular complexity index is 776. The summed E-state index contributed by atoms with van der Waals surface area (Å²) < 4.78 is 0. The lowest BCUT2D eigenvalue weighted by Crippen LogP contribution is -2.35. The fraction of sp³-hybridized carbons (Fsp3) is 0.263. The number of likely N-dealkylation sites (tertiary alicyclic amines) is 1. The van der Waals surface area contributed by atoms with Crippen LogP contribution in [0, 0.1) is 0 Å². The molecule has 2 aromatic carbocycles. The lowest BCUT2D eigenvalue weighted by Gasteiger charge is -2.21. The van der Waals surface area contributed by atoms with E-state index in [4.69, 9.17) is 11.6 Å². The quantitative estimate of drug-likeness (QED) is 0.856. The van der Waals surface area contributed by atoms with Crippen LogP contribution in [0.2, 0.25) is 5.02 Å². The zero-order valence-electron chi connectivity index (χ0n) is 13.6. The standard InChI is InChI=1S/C19H19ClN2O3/c20-15-8-6-14(7-9-15)18(23)21-16-4-1-3-13(11-16)12-22-10-2-5-17(22)19(24)25/h1,3-4,6-9,11,17H,2,5,10,12H2,(H,21,23)(H,24,25). The van der Waals surface area contributed by atoms with Gasteiger partial charge in [0.05, 0.1) is 0 Å². The van der Waals surface area contributed by atoms with Crippen molar-refractivity contribution < 1.29 is 14.7 Å². The molecule has 6 heteroatoms. The molecule has 5 nitrogen and oxygen atoms in total. The molecule has 1 aliphatic heterocycles. The average molecular weight is 359 g/mol. The van der Waals surface area contributed by atoms with Crippen molar-refractivity contribution in [1.82, 2.24) is 4.90 Å². The second-order valence-corrected chi connectivity index (χ2v) is 6.56. The van der Waals surface area contributed by atoms with Crippen LogP contribution in [0.1, 0.15) is 28.8 Å². The van der Waals surface area contributed by atoms with Gasteiger partial charge in [-0.2, -0.15) is 0 Å². The van der Waals surface area contributed by atoms with Gasteiger partial charge in [-0.25, -0.2) is 0 Å². The van der Waals surface area contributed by atoms with E-state index in [0.717, 1.165) is 18.5 Å². The molecule has 1 saturated heterocycles. The second kappa shape index (κ2) is 7.68. The minimum atomic E-state index is -0.773. The van der Waals surface area contributed by atoms with Crippen LogP contribution >= 0.6 is 11.6 Å². The van der Waals surface area contributed by atoms with Gasteiger partial charge in [-0.15, -0.1) is 0 Å². The summed E-state index contributed by atoms with van der Waals surface area (Å²) in [6.07, 6.45) is 1.58. The van der Waals surface area contributed by atoms with Crippen molar-refractivity contribution in [3.63, 3.8) is 0 Å². The molecule has 130 valence electrons. The van der Waals surface area contributed by atoms with E-state index >= 15 is 0 Å². The second-order valence-electron chi connectivity index (χ2n) is 6.13. The first-order valence-electron chi connectivity index (χ1n) is 8.15. The number of benzene rings is 2. The first-order chi connectivity index (χ1) is 12.0. The van der Waals surface area contributed by atoms with Gasteiger partial charge >= 0.3 is 5.97 Å². The number of hydrogen-bond acceptors (Lipinski definition) is 3. The molecule has 0 aromatic heterocycles. The van der Waals surface area contributed by atoms with Gasteiger partial charge in [0.15, 0.2) is 0 Å². The third-order valence-corrected chi connectivity index (χ3v) is 4.58. The Hall–Kier alpha value is -2.37. The van der Waals surface area contributed by atoms with E-state index in [0.29, 0.717) is 29.2 Å². The normalized spacial score (nSPS) is 17.4. The summed E-state index contributed by atoms with van der Waals surface area (Å²) >= 11 is 5.83. The molecule has 0 radical (unpaired) electrons. The van der Waals surface area contributed by atoms with Crippen molar-refractivity contribution in [3.05, 3.63) is 64.7 Å². The molecule has 1 heterocycles. The number of halogens is 1. The lowest BCUT2D eigenvalue weighted by molar-refractivity contribution is -0.142. The first kappa shape index (κ1) is 17.5. The predicted molar refractivity (Wildman–Crippen MR) is 96.9 cm³/mol. The smallest absolute Gasteiger partial charge is 0.320 e. The number of anilines is 1. The van der Waals surface area contributed by atoms with Gasteiger partial charge in [-0.3, -0.25) is 14.5 Å². The summed E-state index contributed by atoms with van der Waals surface area (Å²) in [5.41, 5.74) is 2.19. The number of aliphatic carboxylic acids is 1. The zero-order chi connectivity index (χ0) is 17.8. The van der Waals surface area contributed by atoms with Crippen molar-refractivity contribution in [3.8, 4) is 0 Å². The van der Waals surface area contributed by atoms with Crippen LogP contribution in [0.25, 0.3) is 0 Å². The summed E-state index contributed by atoms with van der Waals surface area (Å²) in [4.78, 5) is 25.5. The van der Waals surface area contributed by atoms with E-state index in [2.05, 4.69) is 5.32 Å². The molecule has 1 fully saturated rings. The van der Waals surface area contributed by atoms with Crippen molar-refractivity contribution in [2.75, 3.05) is 11.9 Å². The molecule has 0 aliphatic carbocycles. The number of nitrogens with zero attached hydrogens (tertiary/aromatic N) is 1. The molecule has 0 bridgehead atoms. The van der Waals surface area contributed by atoms with Gasteiger partial charge < -0.3 is 10.4 Å². The van der Waals surface area contributed by atoms with Gasteiger partial charge in [0, 0.05) is 22.8 Å². The van der Waals surface area contributed by atoms with E-state index in [1.807, 2.05) is 29.2 Å². The topological polar surface area (TPSA) is 69.6 Å². The maximum Gasteiger partial charge on any atom is 0.320 e. The SMILES string of the molecule is O=C(Nc1cccc(CN2CCCC2C(=O)O)c1)c1ccc(Cl)cc1. The highest BCUT2D eigenvalue weighted by Gasteiger charge is 2.30. The van der Waals surface area contributed by atoms with Crippen LogP contribution in [-0.2, 0) is 11.3 Å². The van der Waals surface area contributed by atoms with Crippen LogP contribution in [0.5, 0.6) is 0 Å². The Morgan fingerprint density at radius 1 is 1.20 bits per heavy atom. The summed E-state index contributed by atoms with van der Waals surface area (Å²) in [5.74, 6) is -0.983. The number of carboxylic acid groups (broad SMARTS) is 1. The van der Waals surface area contributed by atoms with E-state index in [1.54, 1.807) is 24.3 Å². The van der Waals surface area contributed by atoms with E-state index in [-0.39, 0.29) is 5.91 Å². The van der Waals surface area contributed by atoms with Crippen LogP contribution in [0.4, 0.5) is 5.69 Å². The largest absolute Gasteiger partial charge is 0.480 e. The number of carbonyl (C=O) groups excluding carboxylic acids is 1. The van der Waals surface area contributed by atoms with Gasteiger partial charge in [0.1, 0.15) is 6.04 Å². The minimum Gasteiger partial charge on any atom is -0.480 e. The molecule has 3 rings (SSSR count). The molecular weight excluding hydrogens is 340 g/mol. The number of nitrogens with one attached hydrogen (secondary N) is 1. The third kappa shape index (κ3) is 4.38. The highest BCUT2D eigenvalue weighted by molar-refractivity contribution is 6.30. The Morgan fingerprint density at radius 2 is 1.96 bits per heavy atom. The zero-order valence-corrected chi connectivity index (χ0v) is 14.4. The summed E-state index contributed by atoms with van der Waals surface area (Å²) in [7, 11) is 0. The summed E-state index contributed by atoms with van der Waals surface area (Å²) in [5, 5.41) is 12.7. The van der Waals surface area contributed by atoms with Gasteiger partial charge in [0.25, 0.3) is 5.91 Å². The molecule has 1 unspecified atom stereocenters. The number of carboxylic acids is 1. The molecule has 2 aromatic rings. The van der Waals surface area contributed by atoms with E-state index in [1.165, 1.54) is 0 Å². The predicted octanol–water partition coefficient (Wildman–Crippen LogP) is 3.64. The molecule has 0 saturated carbocycles. The van der Waals surface area contributed by atoms with Crippen molar-refractivity contribution in [2.45, 2.75) is 25.4 Å². The summed E-state index contributed by atoms with van der Waals surface area (Å²) in [6.45, 7) is 1.33. The minimum absolute atomic E-state index is 0.210. The van der Waals surface area contributed by atoms with Crippen molar-refractivity contribution in [2.24, 2.45) is 0 Å². The monoisotopic (exact) mass is 358 g/mol. The third-order valence-electron chi connectivity index (χ3n) is 4.33. The van der Waals surface area contributed by atoms with E-state index in [9.17, 15) is 14.7 Å². The maximum absolute atomic E-state index is 12.3. The average Bonchev–Trinajstić information content (AvgIpc) is 3.04. The molecule has 1 amide bonds. The Kier molecular flexibility index (Phi) is 5.36. The number of carbonyl (C=O) groups is 2. The lowest BCUT2D eigenvalue weighted by atomic mass is 10.1. The first-order valence-corrected chi connectivity index (χ1v) is 8.53.